The molecule has 90 valence electrons. The van der Waals surface area contributed by atoms with E-state index in [0.29, 0.717) is 0 Å². The fraction of sp³-hybridized carbons (Fsp3) is 0.286. The summed E-state index contributed by atoms with van der Waals surface area (Å²) in [4.78, 5) is 3.24. The highest BCUT2D eigenvalue weighted by molar-refractivity contribution is 6.31. The van der Waals surface area contributed by atoms with Gasteiger partial charge in [0.25, 0.3) is 0 Å². The number of aromatic amines is 1. The molecule has 17 heavy (non-hydrogen) atoms. The van der Waals surface area contributed by atoms with Gasteiger partial charge in [0.2, 0.25) is 0 Å². The second-order valence-electron chi connectivity index (χ2n) is 4.04. The molecule has 0 saturated heterocycles. The lowest BCUT2D eigenvalue weighted by Gasteiger charge is -2.01. The standard InChI is InChI=1S/C14H17ClN2/c1-2-3-4-7-16-9-11-10-17-14-8-12(15)5-6-13(11)14/h2-3,5-6,8,10,16-17H,4,7,9H2,1H3/b3-2+. The van der Waals surface area contributed by atoms with Crippen LogP contribution in [0.1, 0.15) is 18.9 Å². The monoisotopic (exact) mass is 248 g/mol. The zero-order valence-electron chi connectivity index (χ0n) is 9.96. The van der Waals surface area contributed by atoms with E-state index < -0.39 is 0 Å². The van der Waals surface area contributed by atoms with Gasteiger partial charge in [0.15, 0.2) is 0 Å². The van der Waals surface area contributed by atoms with Gasteiger partial charge < -0.3 is 10.3 Å². The van der Waals surface area contributed by atoms with Crippen molar-refractivity contribution in [3.8, 4) is 0 Å². The number of hydrogen-bond acceptors (Lipinski definition) is 1. The Hall–Kier alpha value is -1.25. The Morgan fingerprint density at radius 3 is 3.12 bits per heavy atom. The second-order valence-corrected chi connectivity index (χ2v) is 4.47. The summed E-state index contributed by atoms with van der Waals surface area (Å²) in [6, 6.07) is 5.96. The van der Waals surface area contributed by atoms with Crippen molar-refractivity contribution >= 4 is 22.5 Å². The van der Waals surface area contributed by atoms with Gasteiger partial charge in [-0.2, -0.15) is 0 Å². The molecule has 0 fully saturated rings. The minimum atomic E-state index is 0.770. The first-order chi connectivity index (χ1) is 8.31. The van der Waals surface area contributed by atoms with Crippen molar-refractivity contribution in [2.24, 2.45) is 0 Å². The molecule has 0 aliphatic heterocycles. The molecular formula is C14H17ClN2. The van der Waals surface area contributed by atoms with E-state index in [2.05, 4.69) is 28.5 Å². The van der Waals surface area contributed by atoms with Crippen molar-refractivity contribution in [2.45, 2.75) is 19.9 Å². The normalized spacial score (nSPS) is 11.6. The zero-order chi connectivity index (χ0) is 12.1. The molecule has 3 heteroatoms. The quantitative estimate of drug-likeness (QED) is 0.610. The lowest BCUT2D eigenvalue weighted by Crippen LogP contribution is -2.13. The summed E-state index contributed by atoms with van der Waals surface area (Å²) in [5, 5.41) is 5.44. The Morgan fingerprint density at radius 2 is 2.29 bits per heavy atom. The number of hydrogen-bond donors (Lipinski definition) is 2. The number of allylic oxidation sites excluding steroid dienone is 1. The van der Waals surface area contributed by atoms with Crippen LogP contribution in [0.2, 0.25) is 5.02 Å². The Bertz CT molecular complexity index is 514. The van der Waals surface area contributed by atoms with Crippen molar-refractivity contribution in [2.75, 3.05) is 6.54 Å². The van der Waals surface area contributed by atoms with Gasteiger partial charge in [0.05, 0.1) is 0 Å². The summed E-state index contributed by atoms with van der Waals surface area (Å²) >= 11 is 5.95. The van der Waals surface area contributed by atoms with Crippen molar-refractivity contribution in [3.63, 3.8) is 0 Å². The summed E-state index contributed by atoms with van der Waals surface area (Å²) in [5.41, 5.74) is 2.39. The number of benzene rings is 1. The highest BCUT2D eigenvalue weighted by Gasteiger charge is 2.02. The van der Waals surface area contributed by atoms with Gasteiger partial charge in [0, 0.05) is 28.7 Å². The van der Waals surface area contributed by atoms with Crippen LogP contribution in [0, 0.1) is 0 Å². The first-order valence-corrected chi connectivity index (χ1v) is 6.26. The van der Waals surface area contributed by atoms with E-state index >= 15 is 0 Å². The molecule has 0 bridgehead atoms. The van der Waals surface area contributed by atoms with Crippen LogP contribution in [-0.4, -0.2) is 11.5 Å². The largest absolute Gasteiger partial charge is 0.361 e. The maximum Gasteiger partial charge on any atom is 0.0472 e. The number of aromatic nitrogens is 1. The highest BCUT2D eigenvalue weighted by Crippen LogP contribution is 2.21. The molecule has 1 aromatic carbocycles. The minimum absolute atomic E-state index is 0.770. The SMILES string of the molecule is C/C=C/CCNCc1c[nH]c2cc(Cl)ccc12. The van der Waals surface area contributed by atoms with Crippen LogP contribution in [-0.2, 0) is 6.54 Å². The van der Waals surface area contributed by atoms with E-state index in [4.69, 9.17) is 11.6 Å². The maximum absolute atomic E-state index is 5.95. The van der Waals surface area contributed by atoms with Gasteiger partial charge >= 0.3 is 0 Å². The van der Waals surface area contributed by atoms with Crippen LogP contribution in [0.5, 0.6) is 0 Å². The number of nitrogens with one attached hydrogen (secondary N) is 2. The minimum Gasteiger partial charge on any atom is -0.361 e. The number of H-pyrrole nitrogens is 1. The van der Waals surface area contributed by atoms with E-state index in [1.165, 1.54) is 10.9 Å². The molecule has 1 aromatic heterocycles. The molecule has 1 heterocycles. The Morgan fingerprint density at radius 1 is 1.41 bits per heavy atom. The summed E-state index contributed by atoms with van der Waals surface area (Å²) < 4.78 is 0. The van der Waals surface area contributed by atoms with Crippen molar-refractivity contribution in [1.29, 1.82) is 0 Å². The molecule has 0 atom stereocenters. The van der Waals surface area contributed by atoms with E-state index in [9.17, 15) is 0 Å². The lowest BCUT2D eigenvalue weighted by molar-refractivity contribution is 0.698. The molecule has 2 N–H and O–H groups in total. The van der Waals surface area contributed by atoms with Gasteiger partial charge in [0.1, 0.15) is 0 Å². The molecule has 0 amide bonds. The average Bonchev–Trinajstić information content (AvgIpc) is 2.71. The van der Waals surface area contributed by atoms with E-state index in [-0.39, 0.29) is 0 Å². The summed E-state index contributed by atoms with van der Waals surface area (Å²) in [5.74, 6) is 0. The molecule has 0 unspecified atom stereocenters. The predicted molar refractivity (Wildman–Crippen MR) is 74.4 cm³/mol. The first-order valence-electron chi connectivity index (χ1n) is 5.88. The Balaban J connectivity index is 1.99. The average molecular weight is 249 g/mol. The smallest absolute Gasteiger partial charge is 0.0472 e. The second kappa shape index (κ2) is 5.89. The van der Waals surface area contributed by atoms with Crippen LogP contribution in [0.15, 0.2) is 36.5 Å². The third-order valence-corrected chi connectivity index (χ3v) is 3.00. The maximum atomic E-state index is 5.95. The summed E-state index contributed by atoms with van der Waals surface area (Å²) in [6.45, 7) is 3.94. The van der Waals surface area contributed by atoms with Crippen LogP contribution >= 0.6 is 11.6 Å². The third kappa shape index (κ3) is 3.11. The Labute approximate surface area is 107 Å². The number of rotatable bonds is 5. The first kappa shape index (κ1) is 12.2. The van der Waals surface area contributed by atoms with Gasteiger partial charge in [-0.3, -0.25) is 0 Å². The molecule has 2 rings (SSSR count). The fourth-order valence-corrected chi connectivity index (χ4v) is 2.05. The van der Waals surface area contributed by atoms with Crippen LogP contribution in [0.3, 0.4) is 0 Å². The third-order valence-electron chi connectivity index (χ3n) is 2.77. The molecule has 2 aromatic rings. The van der Waals surface area contributed by atoms with Gasteiger partial charge in [-0.1, -0.05) is 29.8 Å². The predicted octanol–water partition coefficient (Wildman–Crippen LogP) is 3.88. The molecule has 0 saturated carbocycles. The summed E-state index contributed by atoms with van der Waals surface area (Å²) in [6.07, 6.45) is 7.37. The van der Waals surface area contributed by atoms with Crippen molar-refractivity contribution in [3.05, 3.63) is 47.1 Å². The van der Waals surface area contributed by atoms with Crippen LogP contribution in [0.25, 0.3) is 10.9 Å². The van der Waals surface area contributed by atoms with Gasteiger partial charge in [-0.15, -0.1) is 0 Å². The fourth-order valence-electron chi connectivity index (χ4n) is 1.88. The molecule has 0 aliphatic carbocycles. The van der Waals surface area contributed by atoms with E-state index in [0.717, 1.165) is 30.0 Å². The summed E-state index contributed by atoms with van der Waals surface area (Å²) in [7, 11) is 0. The highest BCUT2D eigenvalue weighted by atomic mass is 35.5. The van der Waals surface area contributed by atoms with E-state index in [1.54, 1.807) is 0 Å². The lowest BCUT2D eigenvalue weighted by atomic mass is 10.2. The van der Waals surface area contributed by atoms with E-state index in [1.807, 2.05) is 25.3 Å². The molecular weight excluding hydrogens is 232 g/mol. The zero-order valence-corrected chi connectivity index (χ0v) is 10.7. The van der Waals surface area contributed by atoms with Crippen molar-refractivity contribution in [1.82, 2.24) is 10.3 Å². The number of halogens is 1. The Kier molecular flexibility index (Phi) is 4.24. The van der Waals surface area contributed by atoms with Crippen molar-refractivity contribution < 1.29 is 0 Å². The molecule has 0 radical (unpaired) electrons. The molecule has 0 spiro atoms. The molecule has 2 nitrogen and oxygen atoms in total. The molecule has 0 aliphatic rings. The van der Waals surface area contributed by atoms with Crippen LogP contribution in [0.4, 0.5) is 0 Å². The number of fused-ring (bicyclic) bond motifs is 1. The van der Waals surface area contributed by atoms with Gasteiger partial charge in [-0.05, 0) is 37.6 Å². The van der Waals surface area contributed by atoms with Gasteiger partial charge in [-0.25, -0.2) is 0 Å². The van der Waals surface area contributed by atoms with Crippen LogP contribution < -0.4 is 5.32 Å². The topological polar surface area (TPSA) is 27.8 Å².